The van der Waals surface area contributed by atoms with Crippen LogP contribution in [0.4, 0.5) is 0 Å². The molecule has 0 amide bonds. The number of carbonyl (C=O) groups is 1. The number of fused-ring (bicyclic) bond motifs is 1. The van der Waals surface area contributed by atoms with Gasteiger partial charge in [0.15, 0.2) is 11.5 Å². The summed E-state index contributed by atoms with van der Waals surface area (Å²) in [5.41, 5.74) is 6.85. The zero-order valence-corrected chi connectivity index (χ0v) is 16.4. The third-order valence-electron chi connectivity index (χ3n) is 4.72. The van der Waals surface area contributed by atoms with Crippen molar-refractivity contribution in [2.24, 2.45) is 0 Å². The minimum absolute atomic E-state index is 0.0701. The van der Waals surface area contributed by atoms with Crippen molar-refractivity contribution in [1.82, 2.24) is 4.98 Å². The topological polar surface area (TPSA) is 46.0 Å². The molecule has 0 bridgehead atoms. The van der Waals surface area contributed by atoms with Gasteiger partial charge in [0.2, 0.25) is 0 Å². The molecule has 0 aliphatic rings. The lowest BCUT2D eigenvalue weighted by molar-refractivity contribution is 0.101. The smallest absolute Gasteiger partial charge is 0.165 e. The Morgan fingerprint density at radius 3 is 2.23 bits per heavy atom. The molecule has 2 aromatic carbocycles. The summed E-state index contributed by atoms with van der Waals surface area (Å²) in [5.74, 6) is 0.865. The number of aromatic nitrogens is 1. The number of aromatic amines is 1. The molecule has 2 heterocycles. The maximum atomic E-state index is 11.4. The van der Waals surface area contributed by atoms with Crippen molar-refractivity contribution >= 4 is 32.7 Å². The summed E-state index contributed by atoms with van der Waals surface area (Å²) in [5, 5.41) is 1.11. The molecule has 0 saturated carbocycles. The van der Waals surface area contributed by atoms with Crippen LogP contribution in [-0.2, 0) is 0 Å². The van der Waals surface area contributed by atoms with Crippen LogP contribution >= 0.6 is 15.9 Å². The molecule has 0 radical (unpaired) electrons. The number of ketones is 1. The zero-order chi connectivity index (χ0) is 18.4. The normalized spacial score (nSPS) is 11.2. The fourth-order valence-corrected chi connectivity index (χ4v) is 3.99. The van der Waals surface area contributed by atoms with Gasteiger partial charge in [0.05, 0.1) is 10.2 Å². The predicted molar refractivity (Wildman–Crippen MR) is 109 cm³/mol. The lowest BCUT2D eigenvalue weighted by Crippen LogP contribution is -1.90. The van der Waals surface area contributed by atoms with Crippen LogP contribution in [0.3, 0.4) is 0 Å². The quantitative estimate of drug-likeness (QED) is 0.385. The van der Waals surface area contributed by atoms with Crippen molar-refractivity contribution in [2.75, 3.05) is 0 Å². The van der Waals surface area contributed by atoms with Gasteiger partial charge in [0.1, 0.15) is 5.58 Å². The minimum atomic E-state index is 0.0701. The highest BCUT2D eigenvalue weighted by Crippen LogP contribution is 2.40. The average Bonchev–Trinajstić information content (AvgIpc) is 3.24. The van der Waals surface area contributed by atoms with Crippen molar-refractivity contribution in [3.63, 3.8) is 0 Å². The maximum Gasteiger partial charge on any atom is 0.165 e. The fourth-order valence-electron chi connectivity index (χ4n) is 3.20. The second kappa shape index (κ2) is 6.29. The molecule has 1 N–H and O–H groups in total. The highest BCUT2D eigenvalue weighted by molar-refractivity contribution is 9.10. The minimum Gasteiger partial charge on any atom is -0.453 e. The van der Waals surface area contributed by atoms with Crippen LogP contribution in [-0.4, -0.2) is 10.8 Å². The average molecular weight is 408 g/mol. The lowest BCUT2D eigenvalue weighted by Gasteiger charge is -2.00. The molecular formula is C22H18BrNO2. The Labute approximate surface area is 160 Å². The van der Waals surface area contributed by atoms with Gasteiger partial charge in [-0.15, -0.1) is 0 Å². The molecule has 0 aliphatic carbocycles. The number of carbonyl (C=O) groups excluding carboxylic acids is 1. The predicted octanol–water partition coefficient (Wildman–Crippen LogP) is 6.68. The number of halogens is 1. The van der Waals surface area contributed by atoms with E-state index in [1.165, 1.54) is 5.56 Å². The van der Waals surface area contributed by atoms with Crippen LogP contribution < -0.4 is 0 Å². The molecule has 0 fully saturated rings. The number of hydrogen-bond donors (Lipinski definition) is 1. The van der Waals surface area contributed by atoms with E-state index in [0.29, 0.717) is 5.56 Å². The summed E-state index contributed by atoms with van der Waals surface area (Å²) in [6.45, 7) is 5.71. The number of H-pyrrole nitrogens is 1. The largest absolute Gasteiger partial charge is 0.453 e. The highest BCUT2D eigenvalue weighted by Gasteiger charge is 2.18. The monoisotopic (exact) mass is 407 g/mol. The van der Waals surface area contributed by atoms with Gasteiger partial charge in [0.25, 0.3) is 0 Å². The summed E-state index contributed by atoms with van der Waals surface area (Å²) >= 11 is 3.71. The van der Waals surface area contributed by atoms with Crippen molar-refractivity contribution in [3.8, 4) is 22.7 Å². The Balaban J connectivity index is 1.78. The number of Topliss-reactive ketones (excluding diaryl/α,β-unsaturated/α-hetero) is 1. The molecule has 0 spiro atoms. The van der Waals surface area contributed by atoms with Gasteiger partial charge in [0, 0.05) is 16.6 Å². The van der Waals surface area contributed by atoms with E-state index in [1.54, 1.807) is 6.92 Å². The molecule has 26 heavy (non-hydrogen) atoms. The highest BCUT2D eigenvalue weighted by atomic mass is 79.9. The van der Waals surface area contributed by atoms with E-state index in [9.17, 15) is 4.79 Å². The number of rotatable bonds is 3. The van der Waals surface area contributed by atoms with E-state index >= 15 is 0 Å². The van der Waals surface area contributed by atoms with Gasteiger partial charge < -0.3 is 9.40 Å². The second-order valence-corrected chi connectivity index (χ2v) is 7.36. The number of benzene rings is 2. The first-order valence-corrected chi connectivity index (χ1v) is 9.24. The van der Waals surface area contributed by atoms with Gasteiger partial charge in [-0.05, 0) is 65.5 Å². The Morgan fingerprint density at radius 2 is 1.58 bits per heavy atom. The third kappa shape index (κ3) is 2.71. The first-order valence-electron chi connectivity index (χ1n) is 8.44. The first kappa shape index (κ1) is 16.9. The molecule has 0 unspecified atom stereocenters. The number of aryl methyl sites for hydroxylation is 2. The standard InChI is InChI=1S/C22H18BrNO2/c1-12-4-5-13(2)21-19(12)20(23)22(26-21)18-11-10-17(24-18)16-8-6-15(7-9-16)14(3)25/h4-11,24H,1-3H3. The van der Waals surface area contributed by atoms with Crippen molar-refractivity contribution in [3.05, 3.63) is 69.7 Å². The Bertz CT molecular complexity index is 1130. The van der Waals surface area contributed by atoms with Crippen LogP contribution in [0.5, 0.6) is 0 Å². The van der Waals surface area contributed by atoms with E-state index in [1.807, 2.05) is 36.4 Å². The Morgan fingerprint density at radius 1 is 0.923 bits per heavy atom. The van der Waals surface area contributed by atoms with Crippen molar-refractivity contribution in [1.29, 1.82) is 0 Å². The zero-order valence-electron chi connectivity index (χ0n) is 14.8. The van der Waals surface area contributed by atoms with E-state index in [2.05, 4.69) is 46.9 Å². The molecule has 2 aromatic heterocycles. The summed E-state index contributed by atoms with van der Waals surface area (Å²) in [6.07, 6.45) is 0. The molecule has 4 heteroatoms. The summed E-state index contributed by atoms with van der Waals surface area (Å²) in [4.78, 5) is 14.9. The summed E-state index contributed by atoms with van der Waals surface area (Å²) in [7, 11) is 0. The second-order valence-electron chi connectivity index (χ2n) is 6.57. The van der Waals surface area contributed by atoms with Crippen LogP contribution in [0.2, 0.25) is 0 Å². The summed E-state index contributed by atoms with van der Waals surface area (Å²) < 4.78 is 7.14. The van der Waals surface area contributed by atoms with E-state index in [0.717, 1.165) is 43.7 Å². The lowest BCUT2D eigenvalue weighted by atomic mass is 10.1. The molecule has 0 aliphatic heterocycles. The molecular weight excluding hydrogens is 390 g/mol. The molecule has 0 saturated heterocycles. The van der Waals surface area contributed by atoms with E-state index < -0.39 is 0 Å². The molecule has 3 nitrogen and oxygen atoms in total. The third-order valence-corrected chi connectivity index (χ3v) is 5.48. The fraction of sp³-hybridized carbons (Fsp3) is 0.136. The molecule has 4 rings (SSSR count). The maximum absolute atomic E-state index is 11.4. The number of nitrogens with one attached hydrogen (secondary N) is 1. The van der Waals surface area contributed by atoms with Gasteiger partial charge in [-0.25, -0.2) is 0 Å². The summed E-state index contributed by atoms with van der Waals surface area (Å²) in [6, 6.07) is 15.8. The number of furan rings is 1. The van der Waals surface area contributed by atoms with Gasteiger partial charge in [-0.3, -0.25) is 4.79 Å². The molecule has 4 aromatic rings. The molecule has 0 atom stereocenters. The molecule has 130 valence electrons. The van der Waals surface area contributed by atoms with Crippen LogP contribution in [0.25, 0.3) is 33.7 Å². The van der Waals surface area contributed by atoms with Gasteiger partial charge in [-0.2, -0.15) is 0 Å². The van der Waals surface area contributed by atoms with Crippen LogP contribution in [0.1, 0.15) is 28.4 Å². The Hall–Kier alpha value is -2.59. The van der Waals surface area contributed by atoms with Crippen LogP contribution in [0.15, 0.2) is 57.4 Å². The van der Waals surface area contributed by atoms with E-state index in [4.69, 9.17) is 4.42 Å². The van der Waals surface area contributed by atoms with Crippen LogP contribution in [0, 0.1) is 13.8 Å². The number of hydrogen-bond acceptors (Lipinski definition) is 2. The van der Waals surface area contributed by atoms with Crippen molar-refractivity contribution in [2.45, 2.75) is 20.8 Å². The van der Waals surface area contributed by atoms with Gasteiger partial charge in [-0.1, -0.05) is 36.4 Å². The van der Waals surface area contributed by atoms with Gasteiger partial charge >= 0.3 is 0 Å². The first-order chi connectivity index (χ1) is 12.5. The SMILES string of the molecule is CC(=O)c1ccc(-c2ccc(-c3oc4c(C)ccc(C)c4c3Br)[nH]2)cc1. The van der Waals surface area contributed by atoms with E-state index in [-0.39, 0.29) is 5.78 Å². The Kier molecular flexibility index (Phi) is 4.08. The van der Waals surface area contributed by atoms with Crippen molar-refractivity contribution < 1.29 is 9.21 Å².